The van der Waals surface area contributed by atoms with Crippen molar-refractivity contribution < 1.29 is 18.7 Å². The van der Waals surface area contributed by atoms with Crippen LogP contribution in [-0.2, 0) is 4.79 Å². The molecule has 0 spiro atoms. The van der Waals surface area contributed by atoms with Crippen molar-refractivity contribution in [2.45, 2.75) is 13.8 Å². The van der Waals surface area contributed by atoms with Gasteiger partial charge in [0.05, 0.1) is 12.8 Å². The molecule has 158 valence electrons. The Hall–Kier alpha value is -3.74. The van der Waals surface area contributed by atoms with Gasteiger partial charge in [-0.3, -0.25) is 15.0 Å². The summed E-state index contributed by atoms with van der Waals surface area (Å²) in [4.78, 5) is 30.3. The molecule has 0 saturated carbocycles. The third kappa shape index (κ3) is 3.52. The Kier molecular flexibility index (Phi) is 5.19. The molecule has 0 bridgehead atoms. The second kappa shape index (κ2) is 7.83. The maximum absolute atomic E-state index is 14.2. The molecular weight excluding hydrogens is 397 g/mol. The summed E-state index contributed by atoms with van der Waals surface area (Å²) < 4.78 is 19.8. The van der Waals surface area contributed by atoms with Gasteiger partial charge in [0.15, 0.2) is 0 Å². The van der Waals surface area contributed by atoms with Crippen LogP contribution in [0.2, 0.25) is 0 Å². The molecule has 1 aliphatic rings. The molecule has 4 rings (SSSR count). The van der Waals surface area contributed by atoms with Crippen LogP contribution in [0.15, 0.2) is 54.2 Å². The highest BCUT2D eigenvalue weighted by atomic mass is 19.1. The number of methoxy groups -OCH3 is 1. The van der Waals surface area contributed by atoms with Gasteiger partial charge in [-0.2, -0.15) is 0 Å². The standard InChI is InChI=1S/C24H22FN3O3/c1-13(2)20(21-22(29)27-24(30)28(21)3)16-10-11-19(26-23(16)31-4)15-9-8-14-6-5-7-18(25)17(14)12-15/h5-13H,1-4H3,(H,27,29,30)/b21-20+. The smallest absolute Gasteiger partial charge is 0.328 e. The van der Waals surface area contributed by atoms with Gasteiger partial charge in [0, 0.05) is 23.6 Å². The van der Waals surface area contributed by atoms with Gasteiger partial charge in [-0.25, -0.2) is 14.2 Å². The first-order valence-corrected chi connectivity index (χ1v) is 9.89. The van der Waals surface area contributed by atoms with Crippen molar-refractivity contribution in [3.8, 4) is 17.1 Å². The van der Waals surface area contributed by atoms with Crippen LogP contribution in [-0.4, -0.2) is 36.0 Å². The molecule has 0 atom stereocenters. The monoisotopic (exact) mass is 419 g/mol. The highest BCUT2D eigenvalue weighted by Gasteiger charge is 2.35. The highest BCUT2D eigenvalue weighted by Crippen LogP contribution is 2.36. The SMILES string of the molecule is COc1nc(-c2ccc3cccc(F)c3c2)ccc1/C(=C1\C(=O)NC(=O)N1C)C(C)C. The number of rotatable bonds is 4. The maximum atomic E-state index is 14.2. The van der Waals surface area contributed by atoms with Crippen LogP contribution in [0.4, 0.5) is 9.18 Å². The molecule has 1 fully saturated rings. The number of imide groups is 1. The number of allylic oxidation sites excluding steroid dienone is 1. The number of nitrogens with zero attached hydrogens (tertiary/aromatic N) is 2. The number of hydrogen-bond acceptors (Lipinski definition) is 4. The van der Waals surface area contributed by atoms with Gasteiger partial charge in [-0.1, -0.05) is 38.1 Å². The Balaban J connectivity index is 1.86. The van der Waals surface area contributed by atoms with Crippen molar-refractivity contribution >= 4 is 28.3 Å². The Labute approximate surface area is 179 Å². The lowest BCUT2D eigenvalue weighted by Crippen LogP contribution is -2.24. The fourth-order valence-electron chi connectivity index (χ4n) is 3.86. The van der Waals surface area contributed by atoms with Gasteiger partial charge in [0.25, 0.3) is 5.91 Å². The fourth-order valence-corrected chi connectivity index (χ4v) is 3.86. The van der Waals surface area contributed by atoms with Crippen LogP contribution < -0.4 is 10.1 Å². The van der Waals surface area contributed by atoms with E-state index >= 15 is 0 Å². The Morgan fingerprint density at radius 1 is 1.13 bits per heavy atom. The highest BCUT2D eigenvalue weighted by molar-refractivity contribution is 6.15. The van der Waals surface area contributed by atoms with Crippen LogP contribution in [0.3, 0.4) is 0 Å². The summed E-state index contributed by atoms with van der Waals surface area (Å²) in [6.45, 7) is 3.87. The van der Waals surface area contributed by atoms with E-state index in [0.717, 1.165) is 10.9 Å². The predicted molar refractivity (Wildman–Crippen MR) is 117 cm³/mol. The minimum absolute atomic E-state index is 0.0783. The molecule has 1 saturated heterocycles. The van der Waals surface area contributed by atoms with Crippen LogP contribution in [0.5, 0.6) is 5.88 Å². The zero-order valence-electron chi connectivity index (χ0n) is 17.7. The van der Waals surface area contributed by atoms with E-state index in [1.54, 1.807) is 25.2 Å². The first kappa shape index (κ1) is 20.5. The molecule has 2 heterocycles. The summed E-state index contributed by atoms with van der Waals surface area (Å²) in [6.07, 6.45) is 0. The number of benzene rings is 2. The van der Waals surface area contributed by atoms with E-state index in [-0.39, 0.29) is 17.4 Å². The van der Waals surface area contributed by atoms with Gasteiger partial charge in [0.1, 0.15) is 11.5 Å². The van der Waals surface area contributed by atoms with Gasteiger partial charge in [0.2, 0.25) is 5.88 Å². The lowest BCUT2D eigenvalue weighted by Gasteiger charge is -2.20. The summed E-state index contributed by atoms with van der Waals surface area (Å²) in [5, 5.41) is 3.63. The number of pyridine rings is 1. The fraction of sp³-hybridized carbons (Fsp3) is 0.208. The summed E-state index contributed by atoms with van der Waals surface area (Å²) in [5.74, 6) is -0.504. The largest absolute Gasteiger partial charge is 0.481 e. The molecule has 2 aromatic carbocycles. The van der Waals surface area contributed by atoms with E-state index in [1.165, 1.54) is 18.1 Å². The number of likely N-dealkylation sites (N-methyl/N-ethyl adjacent to an activating group) is 1. The topological polar surface area (TPSA) is 71.5 Å². The zero-order valence-corrected chi connectivity index (χ0v) is 17.7. The number of fused-ring (bicyclic) bond motifs is 1. The summed E-state index contributed by atoms with van der Waals surface area (Å²) >= 11 is 0. The third-order valence-corrected chi connectivity index (χ3v) is 5.38. The van der Waals surface area contributed by atoms with Gasteiger partial charge in [-0.05, 0) is 41.1 Å². The van der Waals surface area contributed by atoms with Crippen molar-refractivity contribution in [1.29, 1.82) is 0 Å². The van der Waals surface area contributed by atoms with E-state index in [4.69, 9.17) is 4.74 Å². The van der Waals surface area contributed by atoms with Crippen LogP contribution in [0.25, 0.3) is 27.6 Å². The van der Waals surface area contributed by atoms with Crippen molar-refractivity contribution in [3.63, 3.8) is 0 Å². The first-order chi connectivity index (χ1) is 14.8. The molecule has 0 unspecified atom stereocenters. The molecule has 3 aromatic rings. The molecule has 3 amide bonds. The number of carbonyl (C=O) groups is 2. The molecular formula is C24H22FN3O3. The Morgan fingerprint density at radius 2 is 1.90 bits per heavy atom. The minimum Gasteiger partial charge on any atom is -0.481 e. The number of ether oxygens (including phenoxy) is 1. The number of amides is 3. The molecule has 6 nitrogen and oxygen atoms in total. The number of halogens is 1. The van der Waals surface area contributed by atoms with Crippen LogP contribution in [0.1, 0.15) is 19.4 Å². The lowest BCUT2D eigenvalue weighted by molar-refractivity contribution is -0.116. The average molecular weight is 419 g/mol. The quantitative estimate of drug-likeness (QED) is 0.496. The molecule has 1 aliphatic heterocycles. The molecule has 1 aromatic heterocycles. The van der Waals surface area contributed by atoms with E-state index in [1.807, 2.05) is 38.1 Å². The van der Waals surface area contributed by atoms with Crippen molar-refractivity contribution in [3.05, 3.63) is 65.6 Å². The third-order valence-electron chi connectivity index (χ3n) is 5.38. The molecule has 0 aliphatic carbocycles. The zero-order chi connectivity index (χ0) is 22.3. The summed E-state index contributed by atoms with van der Waals surface area (Å²) in [7, 11) is 3.05. The van der Waals surface area contributed by atoms with Crippen LogP contribution >= 0.6 is 0 Å². The van der Waals surface area contributed by atoms with Crippen LogP contribution in [0, 0.1) is 11.7 Å². The van der Waals surface area contributed by atoms with E-state index in [0.29, 0.717) is 28.1 Å². The van der Waals surface area contributed by atoms with E-state index < -0.39 is 11.9 Å². The molecule has 0 radical (unpaired) electrons. The number of nitrogens with one attached hydrogen (secondary N) is 1. The number of aromatic nitrogens is 1. The van der Waals surface area contributed by atoms with E-state index in [9.17, 15) is 14.0 Å². The predicted octanol–water partition coefficient (Wildman–Crippen LogP) is 4.60. The average Bonchev–Trinajstić information content (AvgIpc) is 3.00. The molecule has 1 N–H and O–H groups in total. The van der Waals surface area contributed by atoms with Gasteiger partial charge < -0.3 is 4.74 Å². The van der Waals surface area contributed by atoms with Gasteiger partial charge in [-0.15, -0.1) is 0 Å². The van der Waals surface area contributed by atoms with Crippen molar-refractivity contribution in [1.82, 2.24) is 15.2 Å². The second-order valence-electron chi connectivity index (χ2n) is 7.66. The van der Waals surface area contributed by atoms with Crippen molar-refractivity contribution in [2.24, 2.45) is 5.92 Å². The summed E-state index contributed by atoms with van der Waals surface area (Å²) in [6, 6.07) is 13.6. The minimum atomic E-state index is -0.472. The second-order valence-corrected chi connectivity index (χ2v) is 7.66. The number of carbonyl (C=O) groups excluding carboxylic acids is 2. The summed E-state index contributed by atoms with van der Waals surface area (Å²) in [5.41, 5.74) is 2.91. The number of urea groups is 1. The molecule has 31 heavy (non-hydrogen) atoms. The Bertz CT molecular complexity index is 1250. The molecule has 7 heteroatoms. The Morgan fingerprint density at radius 3 is 2.55 bits per heavy atom. The lowest BCUT2D eigenvalue weighted by atomic mass is 9.92. The number of hydrogen-bond donors (Lipinski definition) is 1. The normalized spacial score (nSPS) is 15.6. The first-order valence-electron chi connectivity index (χ1n) is 9.89. The maximum Gasteiger partial charge on any atom is 0.328 e. The van der Waals surface area contributed by atoms with E-state index in [2.05, 4.69) is 10.3 Å². The van der Waals surface area contributed by atoms with Gasteiger partial charge >= 0.3 is 6.03 Å². The van der Waals surface area contributed by atoms with Crippen molar-refractivity contribution in [2.75, 3.05) is 14.2 Å².